The first-order valence-electron chi connectivity index (χ1n) is 6.20. The smallest absolute Gasteiger partial charge is 0.129 e. The lowest BCUT2D eigenvalue weighted by molar-refractivity contribution is 0.782. The molecule has 3 nitrogen and oxygen atoms in total. The summed E-state index contributed by atoms with van der Waals surface area (Å²) in [7, 11) is 1.88. The van der Waals surface area contributed by atoms with Crippen LogP contribution in [0.3, 0.4) is 0 Å². The van der Waals surface area contributed by atoms with Crippen LogP contribution in [0.5, 0.6) is 0 Å². The van der Waals surface area contributed by atoms with E-state index in [1.807, 2.05) is 25.2 Å². The summed E-state index contributed by atoms with van der Waals surface area (Å²) >= 11 is 5.28. The molecule has 102 valence electrons. The monoisotopic (exact) mass is 347 g/mol. The third kappa shape index (κ3) is 2.07. The molecule has 5 heteroatoms. The SMILES string of the molecule is Cc1cscc1-c1nn(C)c(N)c1-c1ccccc1Br. The van der Waals surface area contributed by atoms with Crippen molar-refractivity contribution in [2.75, 3.05) is 5.73 Å². The minimum absolute atomic E-state index is 0.678. The summed E-state index contributed by atoms with van der Waals surface area (Å²) < 4.78 is 2.76. The lowest BCUT2D eigenvalue weighted by Crippen LogP contribution is -1.98. The van der Waals surface area contributed by atoms with E-state index in [2.05, 4.69) is 44.8 Å². The topological polar surface area (TPSA) is 43.8 Å². The third-order valence-electron chi connectivity index (χ3n) is 3.35. The maximum Gasteiger partial charge on any atom is 0.129 e. The van der Waals surface area contributed by atoms with Crippen LogP contribution in [-0.2, 0) is 7.05 Å². The molecule has 0 unspecified atom stereocenters. The number of nitrogens with zero attached hydrogens (tertiary/aromatic N) is 2. The predicted molar refractivity (Wildman–Crippen MR) is 88.8 cm³/mol. The molecule has 1 aromatic carbocycles. The second-order valence-corrected chi connectivity index (χ2v) is 6.28. The number of rotatable bonds is 2. The first kappa shape index (κ1) is 13.4. The fourth-order valence-electron chi connectivity index (χ4n) is 2.26. The maximum atomic E-state index is 6.24. The molecule has 0 aliphatic carbocycles. The molecule has 0 amide bonds. The number of aryl methyl sites for hydroxylation is 2. The van der Waals surface area contributed by atoms with E-state index in [0.717, 1.165) is 26.9 Å². The number of nitrogens with two attached hydrogens (primary N) is 1. The summed E-state index contributed by atoms with van der Waals surface area (Å²) in [5.74, 6) is 0.678. The van der Waals surface area contributed by atoms with Crippen molar-refractivity contribution >= 4 is 33.1 Å². The number of nitrogen functional groups attached to an aromatic ring is 1. The van der Waals surface area contributed by atoms with Gasteiger partial charge in [0.05, 0.1) is 5.56 Å². The van der Waals surface area contributed by atoms with Crippen LogP contribution in [0.25, 0.3) is 22.4 Å². The van der Waals surface area contributed by atoms with Crippen LogP contribution in [-0.4, -0.2) is 9.78 Å². The van der Waals surface area contributed by atoms with Crippen molar-refractivity contribution in [3.8, 4) is 22.4 Å². The van der Waals surface area contributed by atoms with E-state index in [1.54, 1.807) is 16.0 Å². The van der Waals surface area contributed by atoms with Gasteiger partial charge in [-0.1, -0.05) is 34.1 Å². The van der Waals surface area contributed by atoms with Gasteiger partial charge in [0.2, 0.25) is 0 Å². The summed E-state index contributed by atoms with van der Waals surface area (Å²) in [5, 5.41) is 8.86. The van der Waals surface area contributed by atoms with Crippen molar-refractivity contribution in [2.24, 2.45) is 7.05 Å². The van der Waals surface area contributed by atoms with Crippen molar-refractivity contribution in [1.29, 1.82) is 0 Å². The van der Waals surface area contributed by atoms with Gasteiger partial charge in [0, 0.05) is 28.0 Å². The molecule has 0 radical (unpaired) electrons. The first-order valence-corrected chi connectivity index (χ1v) is 7.93. The molecule has 2 aromatic heterocycles. The summed E-state index contributed by atoms with van der Waals surface area (Å²) in [6, 6.07) is 8.08. The summed E-state index contributed by atoms with van der Waals surface area (Å²) in [6.07, 6.45) is 0. The average Bonchev–Trinajstić information content (AvgIpc) is 2.96. The van der Waals surface area contributed by atoms with Crippen LogP contribution in [0.1, 0.15) is 5.56 Å². The van der Waals surface area contributed by atoms with Crippen molar-refractivity contribution < 1.29 is 0 Å². The summed E-state index contributed by atoms with van der Waals surface area (Å²) in [6.45, 7) is 2.10. The van der Waals surface area contributed by atoms with Crippen LogP contribution in [0, 0.1) is 6.92 Å². The maximum absolute atomic E-state index is 6.24. The highest BCUT2D eigenvalue weighted by atomic mass is 79.9. The molecule has 20 heavy (non-hydrogen) atoms. The highest BCUT2D eigenvalue weighted by Crippen LogP contribution is 2.40. The quantitative estimate of drug-likeness (QED) is 0.743. The van der Waals surface area contributed by atoms with Crippen molar-refractivity contribution in [3.05, 3.63) is 45.1 Å². The van der Waals surface area contributed by atoms with E-state index in [4.69, 9.17) is 5.73 Å². The molecule has 3 aromatic rings. The molecule has 0 atom stereocenters. The molecule has 0 bridgehead atoms. The second-order valence-electron chi connectivity index (χ2n) is 4.68. The second kappa shape index (κ2) is 5.07. The van der Waals surface area contributed by atoms with Gasteiger partial charge in [-0.25, -0.2) is 0 Å². The molecule has 0 saturated carbocycles. The van der Waals surface area contributed by atoms with Gasteiger partial charge in [0.25, 0.3) is 0 Å². The van der Waals surface area contributed by atoms with Gasteiger partial charge < -0.3 is 5.73 Å². The largest absolute Gasteiger partial charge is 0.383 e. The molecule has 2 heterocycles. The Labute approximate surface area is 130 Å². The molecule has 0 aliphatic heterocycles. The van der Waals surface area contributed by atoms with Crippen LogP contribution in [0.4, 0.5) is 5.82 Å². The number of benzene rings is 1. The Bertz CT molecular complexity index is 773. The fraction of sp³-hybridized carbons (Fsp3) is 0.133. The number of anilines is 1. The molecule has 0 spiro atoms. The van der Waals surface area contributed by atoms with Crippen molar-refractivity contribution in [3.63, 3.8) is 0 Å². The number of hydrogen-bond donors (Lipinski definition) is 1. The fourth-order valence-corrected chi connectivity index (χ4v) is 3.57. The molecular formula is C15H14BrN3S. The van der Waals surface area contributed by atoms with Gasteiger partial charge in [-0.3, -0.25) is 4.68 Å². The van der Waals surface area contributed by atoms with Gasteiger partial charge in [0.1, 0.15) is 11.5 Å². The standard InChI is InChI=1S/C15H14BrN3S/c1-9-7-20-8-11(9)14-13(15(17)19(2)18-14)10-5-3-4-6-12(10)16/h3-8H,17H2,1-2H3. The van der Waals surface area contributed by atoms with E-state index in [1.165, 1.54) is 5.56 Å². The number of hydrogen-bond acceptors (Lipinski definition) is 3. The summed E-state index contributed by atoms with van der Waals surface area (Å²) in [4.78, 5) is 0. The van der Waals surface area contributed by atoms with Crippen LogP contribution < -0.4 is 5.73 Å². The molecular weight excluding hydrogens is 334 g/mol. The highest BCUT2D eigenvalue weighted by Gasteiger charge is 2.20. The van der Waals surface area contributed by atoms with E-state index >= 15 is 0 Å². The van der Waals surface area contributed by atoms with Crippen molar-refractivity contribution in [1.82, 2.24) is 9.78 Å². The lowest BCUT2D eigenvalue weighted by Gasteiger charge is -2.06. The van der Waals surface area contributed by atoms with E-state index in [-0.39, 0.29) is 0 Å². The zero-order valence-corrected chi connectivity index (χ0v) is 13.6. The van der Waals surface area contributed by atoms with Crippen molar-refractivity contribution in [2.45, 2.75) is 6.92 Å². The molecule has 2 N–H and O–H groups in total. The zero-order valence-electron chi connectivity index (χ0n) is 11.2. The number of aromatic nitrogens is 2. The average molecular weight is 348 g/mol. The first-order chi connectivity index (χ1) is 9.59. The predicted octanol–water partition coefficient (Wildman–Crippen LogP) is 4.47. The Morgan fingerprint density at radius 1 is 1.20 bits per heavy atom. The molecule has 3 rings (SSSR count). The van der Waals surface area contributed by atoms with Crippen LogP contribution in [0.15, 0.2) is 39.5 Å². The molecule has 0 aliphatic rings. The Hall–Kier alpha value is -1.59. The zero-order chi connectivity index (χ0) is 14.3. The van der Waals surface area contributed by atoms with Crippen LogP contribution in [0.2, 0.25) is 0 Å². The van der Waals surface area contributed by atoms with Gasteiger partial charge in [-0.15, -0.1) is 0 Å². The van der Waals surface area contributed by atoms with Gasteiger partial charge in [-0.05, 0) is 23.9 Å². The Kier molecular flexibility index (Phi) is 3.40. The lowest BCUT2D eigenvalue weighted by atomic mass is 10.0. The van der Waals surface area contributed by atoms with Gasteiger partial charge >= 0.3 is 0 Å². The van der Waals surface area contributed by atoms with E-state index < -0.39 is 0 Å². The van der Waals surface area contributed by atoms with E-state index in [9.17, 15) is 0 Å². The Morgan fingerprint density at radius 3 is 2.60 bits per heavy atom. The van der Waals surface area contributed by atoms with Gasteiger partial charge in [0.15, 0.2) is 0 Å². The molecule has 0 saturated heterocycles. The minimum Gasteiger partial charge on any atom is -0.383 e. The Balaban J connectivity index is 2.31. The number of halogens is 1. The van der Waals surface area contributed by atoms with Crippen LogP contribution >= 0.6 is 27.3 Å². The normalized spacial score (nSPS) is 10.9. The number of thiophene rings is 1. The summed E-state index contributed by atoms with van der Waals surface area (Å²) in [5.41, 5.74) is 11.6. The Morgan fingerprint density at radius 2 is 1.95 bits per heavy atom. The van der Waals surface area contributed by atoms with E-state index in [0.29, 0.717) is 5.82 Å². The molecule has 0 fully saturated rings. The van der Waals surface area contributed by atoms with Gasteiger partial charge in [-0.2, -0.15) is 16.4 Å². The highest BCUT2D eigenvalue weighted by molar-refractivity contribution is 9.10. The third-order valence-corrected chi connectivity index (χ3v) is 4.90. The minimum atomic E-state index is 0.678.